The van der Waals surface area contributed by atoms with Crippen LogP contribution in [0.3, 0.4) is 0 Å². The van der Waals surface area contributed by atoms with Gasteiger partial charge in [-0.3, -0.25) is 4.79 Å². The molecular formula is C15H15BrN2O. The Labute approximate surface area is 120 Å². The van der Waals surface area contributed by atoms with E-state index < -0.39 is 0 Å². The highest BCUT2D eigenvalue weighted by atomic mass is 79.9. The van der Waals surface area contributed by atoms with Crippen LogP contribution in [0.5, 0.6) is 0 Å². The molecule has 0 spiro atoms. The fourth-order valence-electron chi connectivity index (χ4n) is 2.85. The molecule has 1 saturated carbocycles. The predicted octanol–water partition coefficient (Wildman–Crippen LogP) is 3.38. The van der Waals surface area contributed by atoms with Crippen LogP contribution in [0.4, 0.5) is 0 Å². The van der Waals surface area contributed by atoms with E-state index in [0.717, 1.165) is 10.4 Å². The Kier molecular flexibility index (Phi) is 3.51. The number of carbonyl (C=O) groups is 1. The summed E-state index contributed by atoms with van der Waals surface area (Å²) in [6.45, 7) is 0. The summed E-state index contributed by atoms with van der Waals surface area (Å²) in [5.74, 6) is 1.67. The van der Waals surface area contributed by atoms with Gasteiger partial charge in [0, 0.05) is 22.2 Å². The Morgan fingerprint density at radius 3 is 2.68 bits per heavy atom. The van der Waals surface area contributed by atoms with E-state index in [1.54, 1.807) is 12.1 Å². The molecule has 1 amide bonds. The lowest BCUT2D eigenvalue weighted by molar-refractivity contribution is 0.0955. The van der Waals surface area contributed by atoms with Crippen LogP contribution in [0.25, 0.3) is 0 Å². The van der Waals surface area contributed by atoms with Gasteiger partial charge in [0.25, 0.3) is 5.91 Å². The molecule has 3 unspecified atom stereocenters. The number of amides is 1. The van der Waals surface area contributed by atoms with E-state index in [1.165, 1.54) is 12.8 Å². The van der Waals surface area contributed by atoms with Crippen LogP contribution in [-0.4, -0.2) is 12.1 Å². The van der Waals surface area contributed by atoms with E-state index in [9.17, 15) is 4.79 Å². The first-order valence-corrected chi connectivity index (χ1v) is 7.29. The molecule has 0 aromatic heterocycles. The third kappa shape index (κ3) is 2.78. The maximum atomic E-state index is 11.8. The van der Waals surface area contributed by atoms with Crippen molar-refractivity contribution in [3.63, 3.8) is 0 Å². The number of benzene rings is 1. The highest BCUT2D eigenvalue weighted by molar-refractivity contribution is 9.10. The zero-order valence-corrected chi connectivity index (χ0v) is 12.0. The topological polar surface area (TPSA) is 41.5 Å². The first-order valence-electron chi connectivity index (χ1n) is 6.50. The summed E-state index contributed by atoms with van der Waals surface area (Å²) in [6.07, 6.45) is 8.89. The number of hydrogen-bond donors (Lipinski definition) is 1. The van der Waals surface area contributed by atoms with Crippen LogP contribution >= 0.6 is 15.9 Å². The molecule has 0 aliphatic heterocycles. The van der Waals surface area contributed by atoms with Crippen molar-refractivity contribution in [2.75, 3.05) is 0 Å². The molecule has 3 rings (SSSR count). The maximum Gasteiger partial charge on any atom is 0.271 e. The highest BCUT2D eigenvalue weighted by Gasteiger charge is 2.34. The van der Waals surface area contributed by atoms with Gasteiger partial charge in [-0.25, -0.2) is 5.43 Å². The van der Waals surface area contributed by atoms with Crippen molar-refractivity contribution in [3.8, 4) is 0 Å². The Morgan fingerprint density at radius 1 is 1.26 bits per heavy atom. The summed E-state index contributed by atoms with van der Waals surface area (Å²) in [4.78, 5) is 11.8. The second-order valence-corrected chi connectivity index (χ2v) is 6.09. The van der Waals surface area contributed by atoms with Gasteiger partial charge < -0.3 is 0 Å². The molecule has 3 atom stereocenters. The third-order valence-corrected chi connectivity index (χ3v) is 4.40. The molecule has 0 heterocycles. The number of rotatable bonds is 3. The summed E-state index contributed by atoms with van der Waals surface area (Å²) in [5.41, 5.74) is 3.21. The fraction of sp³-hybridized carbons (Fsp3) is 0.333. The van der Waals surface area contributed by atoms with Crippen molar-refractivity contribution in [2.24, 2.45) is 22.9 Å². The minimum absolute atomic E-state index is 0.164. The molecule has 19 heavy (non-hydrogen) atoms. The van der Waals surface area contributed by atoms with Gasteiger partial charge in [-0.15, -0.1) is 0 Å². The summed E-state index contributed by atoms with van der Waals surface area (Å²) in [6, 6.07) is 7.24. The van der Waals surface area contributed by atoms with Gasteiger partial charge in [0.1, 0.15) is 0 Å². The molecule has 4 heteroatoms. The van der Waals surface area contributed by atoms with Gasteiger partial charge in [0.05, 0.1) is 0 Å². The first-order chi connectivity index (χ1) is 9.22. The van der Waals surface area contributed by atoms with Crippen molar-refractivity contribution in [1.82, 2.24) is 5.43 Å². The fourth-order valence-corrected chi connectivity index (χ4v) is 3.12. The average Bonchev–Trinajstić information content (AvgIpc) is 3.02. The smallest absolute Gasteiger partial charge is 0.267 e. The summed E-state index contributed by atoms with van der Waals surface area (Å²) in [5, 5.41) is 4.10. The number of nitrogens with zero attached hydrogens (tertiary/aromatic N) is 1. The molecule has 3 nitrogen and oxygen atoms in total. The van der Waals surface area contributed by atoms with Crippen molar-refractivity contribution in [3.05, 3.63) is 46.5 Å². The lowest BCUT2D eigenvalue weighted by Gasteiger charge is -2.11. The average molecular weight is 319 g/mol. The van der Waals surface area contributed by atoms with E-state index in [2.05, 4.69) is 38.6 Å². The molecule has 2 bridgehead atoms. The summed E-state index contributed by atoms with van der Waals surface area (Å²) < 4.78 is 0.960. The van der Waals surface area contributed by atoms with E-state index in [4.69, 9.17) is 0 Å². The predicted molar refractivity (Wildman–Crippen MR) is 78.9 cm³/mol. The molecule has 1 aromatic rings. The van der Waals surface area contributed by atoms with Crippen molar-refractivity contribution >= 4 is 28.1 Å². The molecular weight excluding hydrogens is 304 g/mol. The molecule has 2 aliphatic carbocycles. The molecule has 0 radical (unpaired) electrons. The minimum Gasteiger partial charge on any atom is -0.267 e. The zero-order valence-electron chi connectivity index (χ0n) is 10.4. The van der Waals surface area contributed by atoms with Crippen molar-refractivity contribution in [1.29, 1.82) is 0 Å². The van der Waals surface area contributed by atoms with Crippen LogP contribution in [0, 0.1) is 17.8 Å². The van der Waals surface area contributed by atoms with Crippen LogP contribution < -0.4 is 5.43 Å². The molecule has 2 aliphatic rings. The van der Waals surface area contributed by atoms with Crippen LogP contribution in [0.2, 0.25) is 0 Å². The van der Waals surface area contributed by atoms with E-state index in [1.807, 2.05) is 18.3 Å². The van der Waals surface area contributed by atoms with E-state index in [-0.39, 0.29) is 5.91 Å². The number of fused-ring (bicyclic) bond motifs is 2. The molecule has 1 aromatic carbocycles. The summed E-state index contributed by atoms with van der Waals surface area (Å²) >= 11 is 3.34. The van der Waals surface area contributed by atoms with Gasteiger partial charge in [0.2, 0.25) is 0 Å². The number of carbonyl (C=O) groups excluding carboxylic acids is 1. The zero-order chi connectivity index (χ0) is 13.2. The molecule has 0 saturated heterocycles. The monoisotopic (exact) mass is 318 g/mol. The lowest BCUT2D eigenvalue weighted by atomic mass is 9.95. The quantitative estimate of drug-likeness (QED) is 0.518. The highest BCUT2D eigenvalue weighted by Crippen LogP contribution is 2.42. The van der Waals surface area contributed by atoms with Gasteiger partial charge in [-0.2, -0.15) is 5.10 Å². The second kappa shape index (κ2) is 5.29. The number of hydrazone groups is 1. The molecule has 1 fully saturated rings. The van der Waals surface area contributed by atoms with Crippen LogP contribution in [0.15, 0.2) is 46.0 Å². The van der Waals surface area contributed by atoms with Crippen molar-refractivity contribution in [2.45, 2.75) is 12.8 Å². The Morgan fingerprint density at radius 2 is 2.05 bits per heavy atom. The maximum absolute atomic E-state index is 11.8. The van der Waals surface area contributed by atoms with Crippen LogP contribution in [0.1, 0.15) is 23.2 Å². The number of allylic oxidation sites excluding steroid dienone is 2. The Bertz CT molecular complexity index is 536. The first kappa shape index (κ1) is 12.6. The standard InChI is InChI=1S/C15H15BrN2O/c16-14-5-3-11(4-6-14)15(19)18-17-9-13-8-10-1-2-12(13)7-10/h1-6,9-10,12-13H,7-8H2,(H,18,19)/b17-9+. The van der Waals surface area contributed by atoms with Gasteiger partial charge >= 0.3 is 0 Å². The Balaban J connectivity index is 1.56. The largest absolute Gasteiger partial charge is 0.271 e. The second-order valence-electron chi connectivity index (χ2n) is 5.17. The Hall–Kier alpha value is -1.42. The van der Waals surface area contributed by atoms with Crippen LogP contribution in [-0.2, 0) is 0 Å². The normalized spacial score (nSPS) is 28.2. The van der Waals surface area contributed by atoms with E-state index in [0.29, 0.717) is 17.4 Å². The number of hydrogen-bond acceptors (Lipinski definition) is 2. The SMILES string of the molecule is O=C(N/N=C/C1CC2C=CC1C2)c1ccc(Br)cc1. The lowest BCUT2D eigenvalue weighted by Crippen LogP contribution is -2.19. The number of halogens is 1. The summed E-state index contributed by atoms with van der Waals surface area (Å²) in [7, 11) is 0. The van der Waals surface area contributed by atoms with Crippen molar-refractivity contribution < 1.29 is 4.79 Å². The number of nitrogens with one attached hydrogen (secondary N) is 1. The van der Waals surface area contributed by atoms with E-state index >= 15 is 0 Å². The van der Waals surface area contributed by atoms with Gasteiger partial charge in [0.15, 0.2) is 0 Å². The van der Waals surface area contributed by atoms with Gasteiger partial charge in [-0.05, 0) is 48.9 Å². The molecule has 1 N–H and O–H groups in total. The third-order valence-electron chi connectivity index (χ3n) is 3.87. The van der Waals surface area contributed by atoms with Gasteiger partial charge in [-0.1, -0.05) is 28.1 Å². The molecule has 98 valence electrons. The minimum atomic E-state index is -0.164.